The molecule has 21 heavy (non-hydrogen) atoms. The standard InChI is InChI=1S/C17H21NO3/c1-21-15-8-3-2-7-14(15)18-17(20)13-9-11-5-4-6-12(10-13)16(11)19/h2-3,7-8,11-13H,4-6,9-10H2,1H3,(H,18,20)/t11-,12+,13?. The van der Waals surface area contributed by atoms with Crippen molar-refractivity contribution in [3.8, 4) is 5.75 Å². The second-order valence-corrected chi connectivity index (χ2v) is 6.08. The van der Waals surface area contributed by atoms with Crippen molar-refractivity contribution in [3.63, 3.8) is 0 Å². The number of carbonyl (C=O) groups is 2. The lowest BCUT2D eigenvalue weighted by Gasteiger charge is -2.37. The van der Waals surface area contributed by atoms with Gasteiger partial charge in [0.15, 0.2) is 0 Å². The van der Waals surface area contributed by atoms with Crippen LogP contribution in [0.5, 0.6) is 5.75 Å². The number of nitrogens with one attached hydrogen (secondary N) is 1. The molecule has 1 aromatic rings. The average molecular weight is 287 g/mol. The fourth-order valence-corrected chi connectivity index (χ4v) is 3.68. The highest BCUT2D eigenvalue weighted by Crippen LogP contribution is 2.40. The van der Waals surface area contributed by atoms with Gasteiger partial charge in [0.2, 0.25) is 5.91 Å². The Morgan fingerprint density at radius 1 is 1.19 bits per heavy atom. The van der Waals surface area contributed by atoms with Gasteiger partial charge in [-0.1, -0.05) is 18.6 Å². The van der Waals surface area contributed by atoms with Gasteiger partial charge in [0.1, 0.15) is 11.5 Å². The largest absolute Gasteiger partial charge is 0.495 e. The molecule has 2 saturated carbocycles. The van der Waals surface area contributed by atoms with E-state index >= 15 is 0 Å². The highest BCUT2D eigenvalue weighted by molar-refractivity contribution is 5.96. The van der Waals surface area contributed by atoms with Gasteiger partial charge < -0.3 is 10.1 Å². The minimum absolute atomic E-state index is 0.0175. The maximum Gasteiger partial charge on any atom is 0.227 e. The van der Waals surface area contributed by atoms with Gasteiger partial charge >= 0.3 is 0 Å². The molecule has 3 rings (SSSR count). The molecule has 0 aliphatic heterocycles. The number of methoxy groups -OCH3 is 1. The van der Waals surface area contributed by atoms with E-state index in [1.807, 2.05) is 24.3 Å². The molecule has 0 saturated heterocycles. The fourth-order valence-electron chi connectivity index (χ4n) is 3.68. The van der Waals surface area contributed by atoms with Gasteiger partial charge in [-0.2, -0.15) is 0 Å². The van der Waals surface area contributed by atoms with Crippen LogP contribution in [0.4, 0.5) is 5.69 Å². The van der Waals surface area contributed by atoms with Gasteiger partial charge in [-0.25, -0.2) is 0 Å². The molecule has 2 aliphatic rings. The Kier molecular flexibility index (Phi) is 3.95. The predicted octanol–water partition coefficient (Wildman–Crippen LogP) is 3.03. The number of hydrogen-bond acceptors (Lipinski definition) is 3. The number of carbonyl (C=O) groups excluding carboxylic acids is 2. The van der Waals surface area contributed by atoms with Crippen LogP contribution in [-0.4, -0.2) is 18.8 Å². The number of benzene rings is 1. The third kappa shape index (κ3) is 2.80. The maximum absolute atomic E-state index is 12.5. The summed E-state index contributed by atoms with van der Waals surface area (Å²) in [4.78, 5) is 24.6. The number of fused-ring (bicyclic) bond motifs is 2. The van der Waals surface area contributed by atoms with Crippen molar-refractivity contribution in [2.45, 2.75) is 32.1 Å². The second kappa shape index (κ2) is 5.88. The van der Waals surface area contributed by atoms with Crippen molar-refractivity contribution in [1.82, 2.24) is 0 Å². The quantitative estimate of drug-likeness (QED) is 0.929. The monoisotopic (exact) mass is 287 g/mol. The first kappa shape index (κ1) is 14.1. The van der Waals surface area contributed by atoms with Crippen LogP contribution in [0, 0.1) is 17.8 Å². The van der Waals surface area contributed by atoms with Gasteiger partial charge in [0.25, 0.3) is 0 Å². The number of hydrogen-bond donors (Lipinski definition) is 1. The number of ketones is 1. The third-order valence-electron chi connectivity index (χ3n) is 4.78. The number of amides is 1. The fraction of sp³-hybridized carbons (Fsp3) is 0.529. The zero-order chi connectivity index (χ0) is 14.8. The minimum Gasteiger partial charge on any atom is -0.495 e. The van der Waals surface area contributed by atoms with Gasteiger partial charge in [-0.3, -0.25) is 9.59 Å². The molecule has 0 spiro atoms. The van der Waals surface area contributed by atoms with E-state index in [4.69, 9.17) is 4.74 Å². The Morgan fingerprint density at radius 2 is 1.86 bits per heavy atom. The molecule has 4 heteroatoms. The molecule has 1 N–H and O–H groups in total. The molecule has 4 nitrogen and oxygen atoms in total. The summed E-state index contributed by atoms with van der Waals surface area (Å²) in [7, 11) is 1.59. The van der Waals surface area contributed by atoms with Crippen LogP contribution < -0.4 is 10.1 Å². The summed E-state index contributed by atoms with van der Waals surface area (Å²) in [6.45, 7) is 0. The zero-order valence-corrected chi connectivity index (χ0v) is 12.3. The molecule has 2 bridgehead atoms. The third-order valence-corrected chi connectivity index (χ3v) is 4.78. The van der Waals surface area contributed by atoms with Gasteiger partial charge in [0, 0.05) is 17.8 Å². The SMILES string of the molecule is COc1ccccc1NC(=O)C1C[C@H]2CCC[C@@H](C1)C2=O. The summed E-state index contributed by atoms with van der Waals surface area (Å²) in [5.41, 5.74) is 0.701. The molecular formula is C17H21NO3. The molecule has 2 aliphatic carbocycles. The maximum atomic E-state index is 12.5. The zero-order valence-electron chi connectivity index (χ0n) is 12.3. The van der Waals surface area contributed by atoms with Crippen molar-refractivity contribution in [3.05, 3.63) is 24.3 Å². The number of ether oxygens (including phenoxy) is 1. The molecule has 2 fully saturated rings. The molecule has 0 radical (unpaired) electrons. The predicted molar refractivity (Wildman–Crippen MR) is 80.2 cm³/mol. The molecule has 0 aromatic heterocycles. The van der Waals surface area contributed by atoms with E-state index in [1.54, 1.807) is 7.11 Å². The topological polar surface area (TPSA) is 55.4 Å². The molecular weight excluding hydrogens is 266 g/mol. The van der Waals surface area contributed by atoms with Crippen molar-refractivity contribution in [1.29, 1.82) is 0 Å². The number of anilines is 1. The summed E-state index contributed by atoms with van der Waals surface area (Å²) in [5, 5.41) is 2.96. The van der Waals surface area contributed by atoms with Crippen LogP contribution >= 0.6 is 0 Å². The highest BCUT2D eigenvalue weighted by atomic mass is 16.5. The summed E-state index contributed by atoms with van der Waals surface area (Å²) in [6.07, 6.45) is 4.44. The summed E-state index contributed by atoms with van der Waals surface area (Å²) in [5.74, 6) is 1.23. The normalized spacial score (nSPS) is 28.0. The van der Waals surface area contributed by atoms with Gasteiger partial charge in [-0.15, -0.1) is 0 Å². The van der Waals surface area contributed by atoms with E-state index in [2.05, 4.69) is 5.32 Å². The molecule has 1 amide bonds. The van der Waals surface area contributed by atoms with Gasteiger partial charge in [0.05, 0.1) is 12.8 Å². The van der Waals surface area contributed by atoms with E-state index < -0.39 is 0 Å². The Bertz CT molecular complexity index is 539. The van der Waals surface area contributed by atoms with Crippen molar-refractivity contribution in [2.24, 2.45) is 17.8 Å². The average Bonchev–Trinajstić information content (AvgIpc) is 2.47. The van der Waals surface area contributed by atoms with E-state index in [9.17, 15) is 9.59 Å². The first-order valence-corrected chi connectivity index (χ1v) is 7.66. The van der Waals surface area contributed by atoms with Crippen LogP contribution in [0.25, 0.3) is 0 Å². The van der Waals surface area contributed by atoms with E-state index in [1.165, 1.54) is 0 Å². The van der Waals surface area contributed by atoms with Crippen LogP contribution in [-0.2, 0) is 9.59 Å². The molecule has 112 valence electrons. The van der Waals surface area contributed by atoms with E-state index in [-0.39, 0.29) is 23.7 Å². The molecule has 1 unspecified atom stereocenters. The Labute approximate surface area is 124 Å². The smallest absolute Gasteiger partial charge is 0.227 e. The summed E-state index contributed by atoms with van der Waals surface area (Å²) < 4.78 is 5.26. The van der Waals surface area contributed by atoms with Crippen LogP contribution in [0.1, 0.15) is 32.1 Å². The van der Waals surface area contributed by atoms with Crippen molar-refractivity contribution in [2.75, 3.05) is 12.4 Å². The van der Waals surface area contributed by atoms with Crippen LogP contribution in [0.3, 0.4) is 0 Å². The number of Topliss-reactive ketones (excluding diaryl/α,β-unsaturated/α-hetero) is 1. The van der Waals surface area contributed by atoms with E-state index in [0.717, 1.165) is 19.3 Å². The lowest BCUT2D eigenvalue weighted by Crippen LogP contribution is -2.40. The lowest BCUT2D eigenvalue weighted by atomic mass is 9.67. The molecule has 0 heterocycles. The molecule has 3 atom stereocenters. The number of para-hydroxylation sites is 2. The van der Waals surface area contributed by atoms with E-state index in [0.29, 0.717) is 30.1 Å². The Hall–Kier alpha value is -1.84. The summed E-state index contributed by atoms with van der Waals surface area (Å²) in [6, 6.07) is 7.41. The summed E-state index contributed by atoms with van der Waals surface area (Å²) >= 11 is 0. The van der Waals surface area contributed by atoms with Crippen LogP contribution in [0.2, 0.25) is 0 Å². The minimum atomic E-state index is -0.0529. The van der Waals surface area contributed by atoms with Gasteiger partial charge in [-0.05, 0) is 37.8 Å². The number of rotatable bonds is 3. The Balaban J connectivity index is 1.70. The highest BCUT2D eigenvalue weighted by Gasteiger charge is 2.41. The molecule has 1 aromatic carbocycles. The Morgan fingerprint density at radius 3 is 2.52 bits per heavy atom. The van der Waals surface area contributed by atoms with Crippen LogP contribution in [0.15, 0.2) is 24.3 Å². The lowest BCUT2D eigenvalue weighted by molar-refractivity contribution is -0.136. The second-order valence-electron chi connectivity index (χ2n) is 6.08. The first-order valence-electron chi connectivity index (χ1n) is 7.66. The van der Waals surface area contributed by atoms with Crippen molar-refractivity contribution < 1.29 is 14.3 Å². The first-order chi connectivity index (χ1) is 10.2. The van der Waals surface area contributed by atoms with Crippen molar-refractivity contribution >= 4 is 17.4 Å².